The standard InChI is InChI=1S/C15H25NO3/c1-14(2,3)19-13(18)16-9-5-12(6-10-16)15(11-17)7-4-8-15/h11-12H,4-10H2,1-3H3. The molecule has 0 aromatic carbocycles. The van der Waals surface area contributed by atoms with Crippen molar-refractivity contribution in [3.8, 4) is 0 Å². The van der Waals surface area contributed by atoms with E-state index in [0.29, 0.717) is 5.92 Å². The topological polar surface area (TPSA) is 46.6 Å². The highest BCUT2D eigenvalue weighted by molar-refractivity contribution is 5.68. The summed E-state index contributed by atoms with van der Waals surface area (Å²) in [6.45, 7) is 7.08. The van der Waals surface area contributed by atoms with Crippen LogP contribution >= 0.6 is 0 Å². The van der Waals surface area contributed by atoms with E-state index in [1.54, 1.807) is 4.90 Å². The van der Waals surface area contributed by atoms with E-state index in [2.05, 4.69) is 0 Å². The molecule has 2 fully saturated rings. The molecule has 2 rings (SSSR count). The first-order chi connectivity index (χ1) is 8.86. The summed E-state index contributed by atoms with van der Waals surface area (Å²) in [6, 6.07) is 0. The number of rotatable bonds is 2. The third-order valence-electron chi connectivity index (χ3n) is 4.48. The summed E-state index contributed by atoms with van der Waals surface area (Å²) in [6.07, 6.45) is 6.05. The van der Waals surface area contributed by atoms with Crippen molar-refractivity contribution in [3.05, 3.63) is 0 Å². The van der Waals surface area contributed by atoms with Gasteiger partial charge in [0.1, 0.15) is 11.9 Å². The predicted molar refractivity (Wildman–Crippen MR) is 72.9 cm³/mol. The van der Waals surface area contributed by atoms with Gasteiger partial charge in [0.25, 0.3) is 0 Å². The molecule has 1 amide bonds. The average Bonchev–Trinajstić information content (AvgIpc) is 2.27. The van der Waals surface area contributed by atoms with Gasteiger partial charge in [-0.15, -0.1) is 0 Å². The van der Waals surface area contributed by atoms with E-state index in [0.717, 1.165) is 38.8 Å². The number of piperidine rings is 1. The van der Waals surface area contributed by atoms with Gasteiger partial charge in [-0.1, -0.05) is 6.42 Å². The van der Waals surface area contributed by atoms with Gasteiger partial charge < -0.3 is 14.4 Å². The molecule has 0 bridgehead atoms. The maximum Gasteiger partial charge on any atom is 0.410 e. The van der Waals surface area contributed by atoms with Crippen molar-refractivity contribution >= 4 is 12.4 Å². The Hall–Kier alpha value is -1.06. The van der Waals surface area contributed by atoms with Crippen LogP contribution in [0.4, 0.5) is 4.79 Å². The second-order valence-electron chi connectivity index (χ2n) is 6.95. The number of hydrogen-bond donors (Lipinski definition) is 0. The number of carbonyl (C=O) groups is 2. The molecule has 108 valence electrons. The van der Waals surface area contributed by atoms with E-state index >= 15 is 0 Å². The molecule has 4 nitrogen and oxygen atoms in total. The molecule has 1 aliphatic carbocycles. The van der Waals surface area contributed by atoms with Crippen LogP contribution in [0, 0.1) is 11.3 Å². The summed E-state index contributed by atoms with van der Waals surface area (Å²) in [4.78, 5) is 25.0. The van der Waals surface area contributed by atoms with Gasteiger partial charge >= 0.3 is 6.09 Å². The molecular weight excluding hydrogens is 242 g/mol. The Morgan fingerprint density at radius 1 is 1.26 bits per heavy atom. The van der Waals surface area contributed by atoms with Crippen LogP contribution in [0.1, 0.15) is 52.9 Å². The molecule has 1 saturated carbocycles. The van der Waals surface area contributed by atoms with Crippen molar-refractivity contribution < 1.29 is 14.3 Å². The highest BCUT2D eigenvalue weighted by Crippen LogP contribution is 2.49. The van der Waals surface area contributed by atoms with Crippen LogP contribution in [0.3, 0.4) is 0 Å². The summed E-state index contributed by atoms with van der Waals surface area (Å²) < 4.78 is 5.38. The summed E-state index contributed by atoms with van der Waals surface area (Å²) in [7, 11) is 0. The number of likely N-dealkylation sites (tertiary alicyclic amines) is 1. The Bertz CT molecular complexity index is 347. The van der Waals surface area contributed by atoms with Gasteiger partial charge in [-0.2, -0.15) is 0 Å². The van der Waals surface area contributed by atoms with Gasteiger partial charge in [-0.25, -0.2) is 4.79 Å². The summed E-state index contributed by atoms with van der Waals surface area (Å²) in [5, 5.41) is 0. The van der Waals surface area contributed by atoms with Gasteiger partial charge in [0, 0.05) is 18.5 Å². The van der Waals surface area contributed by atoms with Crippen molar-refractivity contribution in [2.45, 2.75) is 58.5 Å². The minimum absolute atomic E-state index is 0.0694. The Kier molecular flexibility index (Phi) is 3.88. The third kappa shape index (κ3) is 3.10. The molecule has 0 spiro atoms. The van der Waals surface area contributed by atoms with E-state index in [4.69, 9.17) is 4.74 Å². The van der Waals surface area contributed by atoms with Gasteiger partial charge in [0.05, 0.1) is 0 Å². The highest BCUT2D eigenvalue weighted by atomic mass is 16.6. The molecule has 19 heavy (non-hydrogen) atoms. The van der Waals surface area contributed by atoms with Crippen LogP contribution in [0.2, 0.25) is 0 Å². The second kappa shape index (κ2) is 5.14. The van der Waals surface area contributed by atoms with Gasteiger partial charge in [-0.3, -0.25) is 0 Å². The molecule has 0 unspecified atom stereocenters. The number of carbonyl (C=O) groups excluding carboxylic acids is 2. The molecule has 1 heterocycles. The fourth-order valence-electron chi connectivity index (χ4n) is 3.17. The Balaban J connectivity index is 1.85. The zero-order valence-electron chi connectivity index (χ0n) is 12.3. The molecule has 0 N–H and O–H groups in total. The monoisotopic (exact) mass is 267 g/mol. The highest BCUT2D eigenvalue weighted by Gasteiger charge is 2.45. The fourth-order valence-corrected chi connectivity index (χ4v) is 3.17. The first kappa shape index (κ1) is 14.4. The zero-order chi connectivity index (χ0) is 14.1. The SMILES string of the molecule is CC(C)(C)OC(=O)N1CCC(C2(C=O)CCC2)CC1. The van der Waals surface area contributed by atoms with E-state index in [1.165, 1.54) is 12.7 Å². The largest absolute Gasteiger partial charge is 0.444 e. The molecule has 4 heteroatoms. The Morgan fingerprint density at radius 3 is 2.21 bits per heavy atom. The molecule has 1 aliphatic heterocycles. The first-order valence-electron chi connectivity index (χ1n) is 7.31. The molecule has 2 aliphatic rings. The van der Waals surface area contributed by atoms with Crippen LogP contribution in [0.15, 0.2) is 0 Å². The van der Waals surface area contributed by atoms with E-state index in [9.17, 15) is 9.59 Å². The van der Waals surface area contributed by atoms with Crippen molar-refractivity contribution in [1.82, 2.24) is 4.90 Å². The third-order valence-corrected chi connectivity index (χ3v) is 4.48. The quantitative estimate of drug-likeness (QED) is 0.723. The van der Waals surface area contributed by atoms with Crippen molar-refractivity contribution in [3.63, 3.8) is 0 Å². The van der Waals surface area contributed by atoms with E-state index in [-0.39, 0.29) is 11.5 Å². The lowest BCUT2D eigenvalue weighted by Crippen LogP contribution is -2.47. The van der Waals surface area contributed by atoms with Crippen LogP contribution < -0.4 is 0 Å². The normalized spacial score (nSPS) is 23.6. The number of nitrogens with zero attached hydrogens (tertiary/aromatic N) is 1. The number of aldehydes is 1. The lowest BCUT2D eigenvalue weighted by Gasteiger charge is -2.46. The van der Waals surface area contributed by atoms with Crippen molar-refractivity contribution in [2.24, 2.45) is 11.3 Å². The van der Waals surface area contributed by atoms with E-state index < -0.39 is 5.60 Å². The minimum atomic E-state index is -0.439. The molecular formula is C15H25NO3. The minimum Gasteiger partial charge on any atom is -0.444 e. The van der Waals surface area contributed by atoms with Crippen LogP contribution in [0.5, 0.6) is 0 Å². The van der Waals surface area contributed by atoms with Gasteiger partial charge in [0.15, 0.2) is 0 Å². The summed E-state index contributed by atoms with van der Waals surface area (Å²) in [5.41, 5.74) is -0.508. The molecule has 1 saturated heterocycles. The van der Waals surface area contributed by atoms with Gasteiger partial charge in [-0.05, 0) is 52.4 Å². The lowest BCUT2D eigenvalue weighted by atomic mass is 9.59. The van der Waals surface area contributed by atoms with Gasteiger partial charge in [0.2, 0.25) is 0 Å². The number of amides is 1. The van der Waals surface area contributed by atoms with Crippen LogP contribution in [-0.4, -0.2) is 36.0 Å². The van der Waals surface area contributed by atoms with E-state index in [1.807, 2.05) is 20.8 Å². The molecule has 0 aromatic heterocycles. The molecule has 0 atom stereocenters. The van der Waals surface area contributed by atoms with Crippen LogP contribution in [0.25, 0.3) is 0 Å². The average molecular weight is 267 g/mol. The second-order valence-corrected chi connectivity index (χ2v) is 6.95. The van der Waals surface area contributed by atoms with Crippen molar-refractivity contribution in [1.29, 1.82) is 0 Å². The Morgan fingerprint density at radius 2 is 1.84 bits per heavy atom. The number of hydrogen-bond acceptors (Lipinski definition) is 3. The smallest absolute Gasteiger partial charge is 0.410 e. The van der Waals surface area contributed by atoms with Crippen molar-refractivity contribution in [2.75, 3.05) is 13.1 Å². The lowest BCUT2D eigenvalue weighted by molar-refractivity contribution is -0.126. The molecule has 0 aromatic rings. The maximum atomic E-state index is 12.0. The maximum absolute atomic E-state index is 12.0. The van der Waals surface area contributed by atoms with Crippen LogP contribution in [-0.2, 0) is 9.53 Å². The predicted octanol–water partition coefficient (Wildman–Crippen LogP) is 3.00. The number of ether oxygens (including phenoxy) is 1. The summed E-state index contributed by atoms with van der Waals surface area (Å²) >= 11 is 0. The zero-order valence-corrected chi connectivity index (χ0v) is 12.3. The fraction of sp³-hybridized carbons (Fsp3) is 0.867. The molecule has 0 radical (unpaired) electrons. The Labute approximate surface area is 115 Å². The summed E-state index contributed by atoms with van der Waals surface area (Å²) in [5.74, 6) is 0.456. The first-order valence-corrected chi connectivity index (χ1v) is 7.31.